The van der Waals surface area contributed by atoms with Gasteiger partial charge in [0.2, 0.25) is 0 Å². The summed E-state index contributed by atoms with van der Waals surface area (Å²) in [6, 6.07) is 0. The fourth-order valence-electron chi connectivity index (χ4n) is 2.24. The summed E-state index contributed by atoms with van der Waals surface area (Å²) >= 11 is 0. The average molecular weight is 281 g/mol. The molecule has 0 saturated heterocycles. The molecule has 1 fully saturated rings. The molecule has 1 aromatic heterocycles. The van der Waals surface area contributed by atoms with Crippen LogP contribution in [0.4, 0.5) is 17.6 Å². The van der Waals surface area contributed by atoms with Crippen LogP contribution in [-0.2, 0) is 11.5 Å². The van der Waals surface area contributed by atoms with E-state index < -0.39 is 23.8 Å². The lowest BCUT2D eigenvalue weighted by atomic mass is 9.91. The Morgan fingerprint density at radius 2 is 1.74 bits per heavy atom. The summed E-state index contributed by atoms with van der Waals surface area (Å²) in [6.45, 7) is 0. The Bertz CT molecular complexity index is 427. The first-order valence-electron chi connectivity index (χ1n) is 6.16. The van der Waals surface area contributed by atoms with E-state index in [9.17, 15) is 17.6 Å². The molecule has 0 aromatic carbocycles. The zero-order valence-corrected chi connectivity index (χ0v) is 10.2. The maximum absolute atomic E-state index is 13.1. The van der Waals surface area contributed by atoms with Gasteiger partial charge in [-0.2, -0.15) is 13.8 Å². The lowest BCUT2D eigenvalue weighted by Gasteiger charge is -2.23. The maximum Gasteiger partial charge on any atom is 0.383 e. The molecule has 2 N–H and O–H groups in total. The SMILES string of the molecule is NC1(c2noc(C(F)(F)C(F)F)n2)CCCCCC1. The minimum absolute atomic E-state index is 0.107. The van der Waals surface area contributed by atoms with Gasteiger partial charge in [0.25, 0.3) is 0 Å². The highest BCUT2D eigenvalue weighted by Crippen LogP contribution is 2.36. The third-order valence-electron chi connectivity index (χ3n) is 3.43. The number of halogens is 4. The molecule has 1 aliphatic rings. The number of alkyl halides is 4. The van der Waals surface area contributed by atoms with Gasteiger partial charge < -0.3 is 10.3 Å². The molecule has 2 rings (SSSR count). The number of nitrogens with zero attached hydrogens (tertiary/aromatic N) is 2. The van der Waals surface area contributed by atoms with Crippen LogP contribution in [0, 0.1) is 0 Å². The second kappa shape index (κ2) is 5.07. The fourth-order valence-corrected chi connectivity index (χ4v) is 2.24. The molecule has 19 heavy (non-hydrogen) atoms. The average Bonchev–Trinajstić information content (AvgIpc) is 2.75. The van der Waals surface area contributed by atoms with Crippen molar-refractivity contribution < 1.29 is 22.1 Å². The quantitative estimate of drug-likeness (QED) is 0.683. The first-order valence-corrected chi connectivity index (χ1v) is 6.16. The molecule has 0 radical (unpaired) electrons. The number of nitrogens with two attached hydrogens (primary N) is 1. The van der Waals surface area contributed by atoms with Crippen molar-refractivity contribution in [2.75, 3.05) is 0 Å². The molecule has 1 heterocycles. The summed E-state index contributed by atoms with van der Waals surface area (Å²) in [5.74, 6) is -5.91. The predicted octanol–water partition coefficient (Wildman–Crippen LogP) is 2.93. The van der Waals surface area contributed by atoms with Gasteiger partial charge in [0, 0.05) is 0 Å². The summed E-state index contributed by atoms with van der Waals surface area (Å²) in [6.07, 6.45) is 0.826. The molecular weight excluding hydrogens is 266 g/mol. The normalized spacial score (nSPS) is 20.5. The first kappa shape index (κ1) is 14.2. The number of rotatable bonds is 3. The van der Waals surface area contributed by atoms with E-state index in [0.717, 1.165) is 25.7 Å². The molecule has 0 atom stereocenters. The van der Waals surface area contributed by atoms with Gasteiger partial charge in [-0.25, -0.2) is 8.78 Å². The van der Waals surface area contributed by atoms with Gasteiger partial charge in [-0.1, -0.05) is 30.8 Å². The van der Waals surface area contributed by atoms with Crippen molar-refractivity contribution in [3.8, 4) is 0 Å². The molecule has 1 saturated carbocycles. The summed E-state index contributed by atoms with van der Waals surface area (Å²) in [4.78, 5) is 3.41. The number of aromatic nitrogens is 2. The summed E-state index contributed by atoms with van der Waals surface area (Å²) < 4.78 is 54.8. The third-order valence-corrected chi connectivity index (χ3v) is 3.43. The summed E-state index contributed by atoms with van der Waals surface area (Å²) in [5, 5.41) is 3.38. The standard InChI is InChI=1S/C11H15F4N3O/c12-7(13)11(14,15)9-17-8(18-19-9)10(16)5-3-1-2-4-6-10/h7H,1-6,16H2. The Morgan fingerprint density at radius 1 is 1.16 bits per heavy atom. The second-order valence-corrected chi connectivity index (χ2v) is 4.92. The Morgan fingerprint density at radius 3 is 2.26 bits per heavy atom. The van der Waals surface area contributed by atoms with Gasteiger partial charge in [0.05, 0.1) is 5.54 Å². The molecule has 0 unspecified atom stereocenters. The third kappa shape index (κ3) is 2.72. The highest BCUT2D eigenvalue weighted by atomic mass is 19.3. The van der Waals surface area contributed by atoms with Gasteiger partial charge in [-0.15, -0.1) is 0 Å². The van der Waals surface area contributed by atoms with Crippen LogP contribution >= 0.6 is 0 Å². The van der Waals surface area contributed by atoms with Crippen LogP contribution in [0.5, 0.6) is 0 Å². The fraction of sp³-hybridized carbons (Fsp3) is 0.818. The van der Waals surface area contributed by atoms with E-state index in [4.69, 9.17) is 5.73 Å². The van der Waals surface area contributed by atoms with Gasteiger partial charge in [-0.3, -0.25) is 0 Å². The van der Waals surface area contributed by atoms with Crippen molar-refractivity contribution in [2.24, 2.45) is 5.73 Å². The lowest BCUT2D eigenvalue weighted by Crippen LogP contribution is -2.37. The highest BCUT2D eigenvalue weighted by Gasteiger charge is 2.49. The van der Waals surface area contributed by atoms with Gasteiger partial charge in [0.15, 0.2) is 5.82 Å². The van der Waals surface area contributed by atoms with Gasteiger partial charge in [-0.05, 0) is 12.8 Å². The molecule has 0 bridgehead atoms. The smallest absolute Gasteiger partial charge is 0.332 e. The highest BCUT2D eigenvalue weighted by molar-refractivity contribution is 5.07. The Balaban J connectivity index is 2.25. The van der Waals surface area contributed by atoms with Crippen LogP contribution in [0.3, 0.4) is 0 Å². The van der Waals surface area contributed by atoms with E-state index in [1.165, 1.54) is 0 Å². The zero-order valence-electron chi connectivity index (χ0n) is 10.2. The predicted molar refractivity (Wildman–Crippen MR) is 57.8 cm³/mol. The van der Waals surface area contributed by atoms with Crippen LogP contribution in [0.15, 0.2) is 4.52 Å². The van der Waals surface area contributed by atoms with Crippen molar-refractivity contribution in [2.45, 2.75) is 56.4 Å². The largest absolute Gasteiger partial charge is 0.383 e. The van der Waals surface area contributed by atoms with Crippen LogP contribution in [0.2, 0.25) is 0 Å². The Kier molecular flexibility index (Phi) is 3.80. The van der Waals surface area contributed by atoms with E-state index in [-0.39, 0.29) is 5.82 Å². The van der Waals surface area contributed by atoms with E-state index in [2.05, 4.69) is 14.7 Å². The maximum atomic E-state index is 13.1. The molecular formula is C11H15F4N3O. The number of hydrogen-bond acceptors (Lipinski definition) is 4. The summed E-state index contributed by atoms with van der Waals surface area (Å²) in [7, 11) is 0. The Hall–Kier alpha value is -1.18. The molecule has 0 amide bonds. The molecule has 108 valence electrons. The minimum Gasteiger partial charge on any atom is -0.332 e. The van der Waals surface area contributed by atoms with Crippen LogP contribution in [-0.4, -0.2) is 16.6 Å². The lowest BCUT2D eigenvalue weighted by molar-refractivity contribution is -0.152. The van der Waals surface area contributed by atoms with E-state index in [1.54, 1.807) is 0 Å². The van der Waals surface area contributed by atoms with Crippen molar-refractivity contribution in [1.82, 2.24) is 10.1 Å². The van der Waals surface area contributed by atoms with Crippen LogP contribution in [0.1, 0.15) is 50.2 Å². The first-order chi connectivity index (χ1) is 8.86. The van der Waals surface area contributed by atoms with E-state index in [0.29, 0.717) is 12.8 Å². The molecule has 0 spiro atoms. The van der Waals surface area contributed by atoms with E-state index >= 15 is 0 Å². The van der Waals surface area contributed by atoms with Crippen molar-refractivity contribution in [3.63, 3.8) is 0 Å². The second-order valence-electron chi connectivity index (χ2n) is 4.92. The molecule has 1 aromatic rings. The van der Waals surface area contributed by atoms with E-state index in [1.807, 2.05) is 0 Å². The topological polar surface area (TPSA) is 64.9 Å². The van der Waals surface area contributed by atoms with Crippen molar-refractivity contribution in [3.05, 3.63) is 11.7 Å². The molecule has 8 heteroatoms. The Labute approximate surface area is 107 Å². The number of hydrogen-bond donors (Lipinski definition) is 1. The zero-order chi connectivity index (χ0) is 14.1. The van der Waals surface area contributed by atoms with Crippen molar-refractivity contribution in [1.29, 1.82) is 0 Å². The van der Waals surface area contributed by atoms with Gasteiger partial charge in [0.1, 0.15) is 0 Å². The monoisotopic (exact) mass is 281 g/mol. The van der Waals surface area contributed by atoms with Crippen LogP contribution in [0.25, 0.3) is 0 Å². The minimum atomic E-state index is -4.44. The molecule has 1 aliphatic carbocycles. The van der Waals surface area contributed by atoms with Crippen LogP contribution < -0.4 is 5.73 Å². The van der Waals surface area contributed by atoms with Gasteiger partial charge >= 0.3 is 18.2 Å². The molecule has 0 aliphatic heterocycles. The van der Waals surface area contributed by atoms with Crippen molar-refractivity contribution >= 4 is 0 Å². The summed E-state index contributed by atoms with van der Waals surface area (Å²) in [5.41, 5.74) is 5.13. The molecule has 4 nitrogen and oxygen atoms in total.